The summed E-state index contributed by atoms with van der Waals surface area (Å²) in [6.45, 7) is 5.15. The van der Waals surface area contributed by atoms with Gasteiger partial charge in [0.1, 0.15) is 0 Å². The normalized spacial score (nSPS) is 21.7. The lowest BCUT2D eigenvalue weighted by Gasteiger charge is -2.11. The van der Waals surface area contributed by atoms with Crippen LogP contribution in [0.2, 0.25) is 0 Å². The zero-order valence-electron chi connectivity index (χ0n) is 9.31. The Hall–Kier alpha value is -0.860. The molecule has 1 fully saturated rings. The fraction of sp³-hybridized carbons (Fsp3) is 0.538. The van der Waals surface area contributed by atoms with Crippen molar-refractivity contribution in [1.82, 2.24) is 0 Å². The highest BCUT2D eigenvalue weighted by atomic mass is 16.6. The third-order valence-corrected chi connectivity index (χ3v) is 2.88. The molecule has 15 heavy (non-hydrogen) atoms. The highest BCUT2D eigenvalue weighted by Gasteiger charge is 2.26. The molecule has 82 valence electrons. The van der Waals surface area contributed by atoms with Crippen molar-refractivity contribution in [3.63, 3.8) is 0 Å². The molecule has 2 unspecified atom stereocenters. The molecule has 1 aromatic rings. The Balaban J connectivity index is 2.01. The quantitative estimate of drug-likeness (QED) is 0.768. The van der Waals surface area contributed by atoms with Crippen LogP contribution in [0.25, 0.3) is 0 Å². The van der Waals surface area contributed by atoms with E-state index in [1.165, 1.54) is 5.56 Å². The van der Waals surface area contributed by atoms with E-state index >= 15 is 0 Å². The predicted octanol–water partition coefficient (Wildman–Crippen LogP) is 2.63. The van der Waals surface area contributed by atoms with Crippen LogP contribution in [0.3, 0.4) is 0 Å². The molecule has 0 radical (unpaired) electrons. The molecular formula is C13H18O2. The van der Waals surface area contributed by atoms with E-state index in [-0.39, 0.29) is 12.2 Å². The molecule has 1 saturated heterocycles. The smallest absolute Gasteiger partial charge is 0.0837 e. The summed E-state index contributed by atoms with van der Waals surface area (Å²) in [5, 5.41) is 9.88. The Labute approximate surface area is 90.9 Å². The minimum absolute atomic E-state index is 0.282. The van der Waals surface area contributed by atoms with Crippen molar-refractivity contribution in [2.24, 2.45) is 0 Å². The van der Waals surface area contributed by atoms with Crippen LogP contribution in [-0.2, 0) is 4.74 Å². The average Bonchev–Trinajstić information content (AvgIpc) is 3.02. The van der Waals surface area contributed by atoms with E-state index in [9.17, 15) is 5.11 Å². The first kappa shape index (κ1) is 10.7. The van der Waals surface area contributed by atoms with Gasteiger partial charge in [-0.1, -0.05) is 38.1 Å². The molecule has 1 aromatic carbocycles. The zero-order valence-corrected chi connectivity index (χ0v) is 9.31. The Kier molecular flexibility index (Phi) is 3.08. The lowest BCUT2D eigenvalue weighted by molar-refractivity contribution is 0.154. The minimum Gasteiger partial charge on any atom is -0.388 e. The summed E-state index contributed by atoms with van der Waals surface area (Å²) in [4.78, 5) is 0. The molecule has 1 aliphatic heterocycles. The van der Waals surface area contributed by atoms with Crippen LogP contribution >= 0.6 is 0 Å². The summed E-state index contributed by atoms with van der Waals surface area (Å²) in [6, 6.07) is 8.22. The summed E-state index contributed by atoms with van der Waals surface area (Å²) >= 11 is 0. The molecule has 0 aromatic heterocycles. The van der Waals surface area contributed by atoms with Crippen LogP contribution in [0.4, 0.5) is 0 Å². The molecule has 2 nitrogen and oxygen atoms in total. The van der Waals surface area contributed by atoms with E-state index in [4.69, 9.17) is 4.74 Å². The molecule has 0 aliphatic carbocycles. The van der Waals surface area contributed by atoms with E-state index in [1.54, 1.807) is 0 Å². The first-order chi connectivity index (χ1) is 7.16. The third-order valence-electron chi connectivity index (χ3n) is 2.88. The number of rotatable bonds is 4. The van der Waals surface area contributed by atoms with Crippen LogP contribution in [0, 0.1) is 0 Å². The molecule has 0 bridgehead atoms. The van der Waals surface area contributed by atoms with Crippen molar-refractivity contribution >= 4 is 0 Å². The summed E-state index contributed by atoms with van der Waals surface area (Å²) in [5.74, 6) is 0.544. The van der Waals surface area contributed by atoms with Crippen molar-refractivity contribution in [3.05, 3.63) is 35.4 Å². The average molecular weight is 206 g/mol. The molecule has 1 N–H and O–H groups in total. The summed E-state index contributed by atoms with van der Waals surface area (Å²) in [5.41, 5.74) is 2.31. The lowest BCUT2D eigenvalue weighted by Crippen LogP contribution is -2.01. The summed E-state index contributed by atoms with van der Waals surface area (Å²) < 4.78 is 5.10. The molecule has 0 spiro atoms. The first-order valence-corrected chi connectivity index (χ1v) is 5.56. The van der Waals surface area contributed by atoms with Crippen LogP contribution < -0.4 is 0 Å². The number of hydrogen-bond acceptors (Lipinski definition) is 2. The second-order valence-electron chi connectivity index (χ2n) is 4.53. The fourth-order valence-corrected chi connectivity index (χ4v) is 1.69. The van der Waals surface area contributed by atoms with E-state index in [0.717, 1.165) is 18.6 Å². The zero-order chi connectivity index (χ0) is 10.8. The van der Waals surface area contributed by atoms with Crippen LogP contribution in [0.5, 0.6) is 0 Å². The highest BCUT2D eigenvalue weighted by Crippen LogP contribution is 2.26. The van der Waals surface area contributed by atoms with Gasteiger partial charge in [0.2, 0.25) is 0 Å². The highest BCUT2D eigenvalue weighted by molar-refractivity contribution is 5.26. The molecule has 2 heteroatoms. The predicted molar refractivity (Wildman–Crippen MR) is 59.8 cm³/mol. The Morgan fingerprint density at radius 3 is 2.27 bits per heavy atom. The first-order valence-electron chi connectivity index (χ1n) is 5.56. The molecule has 1 aliphatic rings. The van der Waals surface area contributed by atoms with Crippen molar-refractivity contribution in [2.45, 2.75) is 38.4 Å². The summed E-state index contributed by atoms with van der Waals surface area (Å²) in [6.07, 6.45) is 0.629. The lowest BCUT2D eigenvalue weighted by atomic mass is 9.98. The maximum Gasteiger partial charge on any atom is 0.0837 e. The number of benzene rings is 1. The Morgan fingerprint density at radius 2 is 1.80 bits per heavy atom. The second kappa shape index (κ2) is 4.33. The Bertz CT molecular complexity index is 312. The van der Waals surface area contributed by atoms with Crippen molar-refractivity contribution < 1.29 is 9.84 Å². The van der Waals surface area contributed by atoms with Gasteiger partial charge in [0.25, 0.3) is 0 Å². The molecule has 0 amide bonds. The third kappa shape index (κ3) is 2.80. The van der Waals surface area contributed by atoms with Crippen LogP contribution in [-0.4, -0.2) is 17.8 Å². The van der Waals surface area contributed by atoms with Gasteiger partial charge in [0, 0.05) is 6.42 Å². The maximum atomic E-state index is 9.88. The van der Waals surface area contributed by atoms with E-state index < -0.39 is 0 Å². The van der Waals surface area contributed by atoms with E-state index in [2.05, 4.69) is 26.0 Å². The maximum absolute atomic E-state index is 9.88. The molecule has 0 saturated carbocycles. The van der Waals surface area contributed by atoms with Crippen molar-refractivity contribution in [3.8, 4) is 0 Å². The van der Waals surface area contributed by atoms with Crippen molar-refractivity contribution in [1.29, 1.82) is 0 Å². The minimum atomic E-state index is -0.376. The molecule has 2 atom stereocenters. The SMILES string of the molecule is CC(C)c1ccc(C(O)CC2CO2)cc1. The van der Waals surface area contributed by atoms with Gasteiger partial charge >= 0.3 is 0 Å². The summed E-state index contributed by atoms with van der Waals surface area (Å²) in [7, 11) is 0. The van der Waals surface area contributed by atoms with Crippen molar-refractivity contribution in [2.75, 3.05) is 6.61 Å². The van der Waals surface area contributed by atoms with Gasteiger partial charge in [-0.25, -0.2) is 0 Å². The van der Waals surface area contributed by atoms with Gasteiger partial charge in [0.15, 0.2) is 0 Å². The monoisotopic (exact) mass is 206 g/mol. The van der Waals surface area contributed by atoms with Crippen LogP contribution in [0.15, 0.2) is 24.3 Å². The largest absolute Gasteiger partial charge is 0.388 e. The number of hydrogen-bond donors (Lipinski definition) is 1. The van der Waals surface area contributed by atoms with Gasteiger partial charge in [-0.3, -0.25) is 0 Å². The standard InChI is InChI=1S/C13H18O2/c1-9(2)10-3-5-11(6-4-10)13(14)7-12-8-15-12/h3-6,9,12-14H,7-8H2,1-2H3. The molecule has 2 rings (SSSR count). The number of aliphatic hydroxyl groups excluding tert-OH is 1. The number of epoxide rings is 1. The van der Waals surface area contributed by atoms with Gasteiger partial charge in [-0.05, 0) is 17.0 Å². The van der Waals surface area contributed by atoms with Gasteiger partial charge in [-0.2, -0.15) is 0 Å². The molecule has 1 heterocycles. The fourth-order valence-electron chi connectivity index (χ4n) is 1.69. The Morgan fingerprint density at radius 1 is 1.27 bits per heavy atom. The molecular weight excluding hydrogens is 188 g/mol. The van der Waals surface area contributed by atoms with Gasteiger partial charge < -0.3 is 9.84 Å². The van der Waals surface area contributed by atoms with Gasteiger partial charge in [0.05, 0.1) is 18.8 Å². The topological polar surface area (TPSA) is 32.8 Å². The second-order valence-corrected chi connectivity index (χ2v) is 4.53. The van der Waals surface area contributed by atoms with E-state index in [1.807, 2.05) is 12.1 Å². The number of ether oxygens (including phenoxy) is 1. The van der Waals surface area contributed by atoms with Crippen LogP contribution in [0.1, 0.15) is 43.4 Å². The number of aliphatic hydroxyl groups is 1. The van der Waals surface area contributed by atoms with Gasteiger partial charge in [-0.15, -0.1) is 0 Å². The van der Waals surface area contributed by atoms with E-state index in [0.29, 0.717) is 5.92 Å².